The predicted molar refractivity (Wildman–Crippen MR) is 94.6 cm³/mol. The van der Waals surface area contributed by atoms with Crippen LogP contribution in [0.5, 0.6) is 0 Å². The molecule has 1 aromatic carbocycles. The number of likely N-dealkylation sites (N-methyl/N-ethyl adjacent to an activating group) is 1. The van der Waals surface area contributed by atoms with E-state index in [1.165, 1.54) is 7.11 Å². The number of aromatic nitrogens is 3. The molecule has 3 rings (SSSR count). The molecule has 0 N–H and O–H groups in total. The summed E-state index contributed by atoms with van der Waals surface area (Å²) in [6.45, 7) is 10.0. The van der Waals surface area contributed by atoms with Crippen molar-refractivity contribution in [1.82, 2.24) is 18.9 Å². The first-order valence-corrected chi connectivity index (χ1v) is 8.39. The van der Waals surface area contributed by atoms with Gasteiger partial charge in [0.25, 0.3) is 0 Å². The molecule has 0 saturated heterocycles. The molecule has 0 amide bonds. The number of carbonyl (C=O) groups is 1. The molecule has 128 valence electrons. The normalized spacial score (nSPS) is 11.7. The highest BCUT2D eigenvalue weighted by molar-refractivity contribution is 5.93. The summed E-state index contributed by atoms with van der Waals surface area (Å²) in [5.41, 5.74) is 3.26. The standard InChI is InChI=1S/C18H24N4O2/c1-5-20(6-2)11-12-21-14-9-7-8-10-15(14)22-16(17(23)24-4)13(3)19-18(21)22/h7-10H,5-6,11-12H2,1-4H3. The molecule has 0 spiro atoms. The van der Waals surface area contributed by atoms with E-state index in [1.54, 1.807) is 0 Å². The average Bonchev–Trinajstić information content (AvgIpc) is 3.09. The summed E-state index contributed by atoms with van der Waals surface area (Å²) in [6.07, 6.45) is 0. The van der Waals surface area contributed by atoms with E-state index in [2.05, 4.69) is 34.4 Å². The SMILES string of the molecule is CCN(CC)CCn1c2ccccc2n2c(C(=O)OC)c(C)nc12. The lowest BCUT2D eigenvalue weighted by molar-refractivity contribution is 0.0592. The molecule has 0 radical (unpaired) electrons. The van der Waals surface area contributed by atoms with Crippen molar-refractivity contribution in [3.8, 4) is 0 Å². The molecule has 0 saturated carbocycles. The van der Waals surface area contributed by atoms with E-state index in [-0.39, 0.29) is 5.97 Å². The number of benzene rings is 1. The number of hydrogen-bond acceptors (Lipinski definition) is 4. The number of para-hydroxylation sites is 2. The van der Waals surface area contributed by atoms with Crippen LogP contribution < -0.4 is 0 Å². The van der Waals surface area contributed by atoms with E-state index in [4.69, 9.17) is 4.74 Å². The van der Waals surface area contributed by atoms with Gasteiger partial charge in [0.1, 0.15) is 0 Å². The number of aryl methyl sites for hydroxylation is 1. The minimum absolute atomic E-state index is 0.355. The van der Waals surface area contributed by atoms with Gasteiger partial charge in [0.2, 0.25) is 5.78 Å². The molecule has 0 atom stereocenters. The number of nitrogens with zero attached hydrogens (tertiary/aromatic N) is 4. The summed E-state index contributed by atoms with van der Waals surface area (Å²) in [6, 6.07) is 8.08. The number of methoxy groups -OCH3 is 1. The second-order valence-corrected chi connectivity index (χ2v) is 5.84. The smallest absolute Gasteiger partial charge is 0.357 e. The number of hydrogen-bond donors (Lipinski definition) is 0. The zero-order valence-corrected chi connectivity index (χ0v) is 14.7. The fraction of sp³-hybridized carbons (Fsp3) is 0.444. The molecule has 2 heterocycles. The van der Waals surface area contributed by atoms with Crippen LogP contribution in [0, 0.1) is 6.92 Å². The van der Waals surface area contributed by atoms with Crippen LogP contribution in [0.1, 0.15) is 30.0 Å². The molecule has 2 aromatic heterocycles. The average molecular weight is 328 g/mol. The molecular weight excluding hydrogens is 304 g/mol. The first-order valence-electron chi connectivity index (χ1n) is 8.39. The van der Waals surface area contributed by atoms with E-state index < -0.39 is 0 Å². The Morgan fingerprint density at radius 2 is 1.88 bits per heavy atom. The van der Waals surface area contributed by atoms with Gasteiger partial charge in [0.15, 0.2) is 5.69 Å². The van der Waals surface area contributed by atoms with Crippen molar-refractivity contribution in [1.29, 1.82) is 0 Å². The second kappa shape index (κ2) is 6.65. The summed E-state index contributed by atoms with van der Waals surface area (Å²) in [4.78, 5) is 19.3. The van der Waals surface area contributed by atoms with E-state index in [1.807, 2.05) is 29.5 Å². The molecule has 6 heteroatoms. The van der Waals surface area contributed by atoms with Crippen LogP contribution in [0.4, 0.5) is 0 Å². The Hall–Kier alpha value is -2.34. The zero-order chi connectivity index (χ0) is 17.3. The highest BCUT2D eigenvalue weighted by Crippen LogP contribution is 2.24. The van der Waals surface area contributed by atoms with E-state index in [0.717, 1.165) is 43.0 Å². The summed E-state index contributed by atoms with van der Waals surface area (Å²) in [7, 11) is 1.40. The minimum Gasteiger partial charge on any atom is -0.464 e. The van der Waals surface area contributed by atoms with E-state index in [9.17, 15) is 4.79 Å². The van der Waals surface area contributed by atoms with Gasteiger partial charge in [-0.05, 0) is 32.1 Å². The van der Waals surface area contributed by atoms with Gasteiger partial charge in [-0.2, -0.15) is 0 Å². The molecule has 0 aliphatic heterocycles. The van der Waals surface area contributed by atoms with Crippen molar-refractivity contribution in [2.45, 2.75) is 27.3 Å². The van der Waals surface area contributed by atoms with Gasteiger partial charge in [-0.25, -0.2) is 9.78 Å². The van der Waals surface area contributed by atoms with Crippen LogP contribution in [-0.2, 0) is 11.3 Å². The lowest BCUT2D eigenvalue weighted by atomic mass is 10.3. The third-order valence-electron chi connectivity index (χ3n) is 4.60. The Bertz CT molecular complexity index is 874. The molecule has 0 aliphatic carbocycles. The summed E-state index contributed by atoms with van der Waals surface area (Å²) in [5, 5.41) is 0. The number of ether oxygens (including phenoxy) is 1. The number of rotatable bonds is 6. The fourth-order valence-corrected chi connectivity index (χ4v) is 3.25. The molecule has 0 fully saturated rings. The van der Waals surface area contributed by atoms with Gasteiger partial charge in [-0.15, -0.1) is 0 Å². The highest BCUT2D eigenvalue weighted by atomic mass is 16.5. The molecule has 0 bridgehead atoms. The number of imidazole rings is 2. The zero-order valence-electron chi connectivity index (χ0n) is 14.7. The van der Waals surface area contributed by atoms with Gasteiger partial charge in [0, 0.05) is 13.1 Å². The Labute approximate surface area is 141 Å². The quantitative estimate of drug-likeness (QED) is 0.653. The summed E-state index contributed by atoms with van der Waals surface area (Å²) in [5.74, 6) is 0.438. The Morgan fingerprint density at radius 1 is 1.21 bits per heavy atom. The minimum atomic E-state index is -0.355. The van der Waals surface area contributed by atoms with Crippen molar-refractivity contribution in [2.75, 3.05) is 26.7 Å². The maximum Gasteiger partial charge on any atom is 0.357 e. The lowest BCUT2D eigenvalue weighted by Gasteiger charge is -2.18. The largest absolute Gasteiger partial charge is 0.464 e. The Morgan fingerprint density at radius 3 is 2.50 bits per heavy atom. The maximum atomic E-state index is 12.2. The molecule has 0 unspecified atom stereocenters. The van der Waals surface area contributed by atoms with Crippen LogP contribution in [0.25, 0.3) is 16.8 Å². The molecule has 24 heavy (non-hydrogen) atoms. The van der Waals surface area contributed by atoms with Crippen LogP contribution >= 0.6 is 0 Å². The fourth-order valence-electron chi connectivity index (χ4n) is 3.25. The van der Waals surface area contributed by atoms with Gasteiger partial charge in [0.05, 0.1) is 23.8 Å². The molecule has 6 nitrogen and oxygen atoms in total. The Balaban J connectivity index is 2.18. The van der Waals surface area contributed by atoms with Gasteiger partial charge in [-0.1, -0.05) is 26.0 Å². The molecule has 3 aromatic rings. The van der Waals surface area contributed by atoms with E-state index in [0.29, 0.717) is 11.4 Å². The second-order valence-electron chi connectivity index (χ2n) is 5.84. The third kappa shape index (κ3) is 2.57. The first-order chi connectivity index (χ1) is 11.6. The van der Waals surface area contributed by atoms with Crippen LogP contribution in [0.15, 0.2) is 24.3 Å². The van der Waals surface area contributed by atoms with E-state index >= 15 is 0 Å². The monoisotopic (exact) mass is 328 g/mol. The van der Waals surface area contributed by atoms with Crippen molar-refractivity contribution in [3.05, 3.63) is 35.7 Å². The first kappa shape index (κ1) is 16.5. The molecular formula is C18H24N4O2. The predicted octanol–water partition coefficient (Wildman–Crippen LogP) is 2.73. The summed E-state index contributed by atoms with van der Waals surface area (Å²) >= 11 is 0. The van der Waals surface area contributed by atoms with Gasteiger partial charge >= 0.3 is 5.97 Å². The van der Waals surface area contributed by atoms with Gasteiger partial charge < -0.3 is 14.2 Å². The topological polar surface area (TPSA) is 51.8 Å². The summed E-state index contributed by atoms with van der Waals surface area (Å²) < 4.78 is 9.06. The van der Waals surface area contributed by atoms with Crippen LogP contribution in [-0.4, -0.2) is 51.6 Å². The highest BCUT2D eigenvalue weighted by Gasteiger charge is 2.23. The Kier molecular flexibility index (Phi) is 4.57. The lowest BCUT2D eigenvalue weighted by Crippen LogP contribution is -2.27. The maximum absolute atomic E-state index is 12.2. The molecule has 0 aliphatic rings. The number of esters is 1. The third-order valence-corrected chi connectivity index (χ3v) is 4.60. The van der Waals surface area contributed by atoms with Crippen LogP contribution in [0.2, 0.25) is 0 Å². The number of fused-ring (bicyclic) bond motifs is 3. The van der Waals surface area contributed by atoms with Crippen molar-refractivity contribution < 1.29 is 9.53 Å². The van der Waals surface area contributed by atoms with Crippen molar-refractivity contribution in [2.24, 2.45) is 0 Å². The van der Waals surface area contributed by atoms with Crippen molar-refractivity contribution in [3.63, 3.8) is 0 Å². The number of carbonyl (C=O) groups excluding carboxylic acids is 1. The van der Waals surface area contributed by atoms with Crippen LogP contribution in [0.3, 0.4) is 0 Å². The van der Waals surface area contributed by atoms with Crippen molar-refractivity contribution >= 4 is 22.8 Å². The van der Waals surface area contributed by atoms with Gasteiger partial charge in [-0.3, -0.25) is 4.40 Å².